The number of anilines is 1. The van der Waals surface area contributed by atoms with Crippen molar-refractivity contribution in [2.75, 3.05) is 18.0 Å². The third-order valence-corrected chi connectivity index (χ3v) is 3.62. The summed E-state index contributed by atoms with van der Waals surface area (Å²) in [6.45, 7) is 7.53. The van der Waals surface area contributed by atoms with E-state index in [2.05, 4.69) is 33.8 Å². The maximum atomic E-state index is 10.1. The van der Waals surface area contributed by atoms with Gasteiger partial charge in [-0.05, 0) is 19.3 Å². The van der Waals surface area contributed by atoms with Gasteiger partial charge in [-0.2, -0.15) is 14.6 Å². The summed E-state index contributed by atoms with van der Waals surface area (Å²) in [4.78, 5) is 10.8. The van der Waals surface area contributed by atoms with Crippen LogP contribution < -0.4 is 4.90 Å². The molecule has 1 aliphatic rings. The number of aliphatic hydroxyl groups is 1. The van der Waals surface area contributed by atoms with E-state index in [9.17, 15) is 5.11 Å². The Morgan fingerprint density at radius 3 is 2.84 bits per heavy atom. The summed E-state index contributed by atoms with van der Waals surface area (Å²) in [5.41, 5.74) is 0.371. The van der Waals surface area contributed by atoms with Gasteiger partial charge in [0.15, 0.2) is 0 Å². The smallest absolute Gasteiger partial charge is 0.254 e. The first kappa shape index (κ1) is 12.3. The van der Waals surface area contributed by atoms with Gasteiger partial charge in [-0.25, -0.2) is 4.98 Å². The second kappa shape index (κ2) is 4.16. The molecule has 1 saturated heterocycles. The molecule has 1 aliphatic heterocycles. The third-order valence-electron chi connectivity index (χ3n) is 3.62. The van der Waals surface area contributed by atoms with Crippen LogP contribution in [0.3, 0.4) is 0 Å². The second-order valence-electron chi connectivity index (χ2n) is 5.83. The molecule has 1 unspecified atom stereocenters. The van der Waals surface area contributed by atoms with Crippen LogP contribution >= 0.6 is 0 Å². The zero-order valence-electron chi connectivity index (χ0n) is 11.5. The molecule has 3 rings (SSSR count). The first-order chi connectivity index (χ1) is 8.96. The van der Waals surface area contributed by atoms with E-state index in [1.54, 1.807) is 4.52 Å². The van der Waals surface area contributed by atoms with Crippen molar-refractivity contribution in [3.05, 3.63) is 18.1 Å². The minimum atomic E-state index is -0.631. The normalized spacial score (nSPS) is 23.7. The van der Waals surface area contributed by atoms with Crippen molar-refractivity contribution < 1.29 is 5.11 Å². The number of hydrogen-bond donors (Lipinski definition) is 1. The van der Waals surface area contributed by atoms with E-state index in [4.69, 9.17) is 0 Å². The van der Waals surface area contributed by atoms with Crippen LogP contribution in [0.1, 0.15) is 38.8 Å². The Morgan fingerprint density at radius 2 is 2.21 bits per heavy atom. The molecule has 1 N–H and O–H groups in total. The van der Waals surface area contributed by atoms with Crippen molar-refractivity contribution in [1.29, 1.82) is 0 Å². The van der Waals surface area contributed by atoms with Gasteiger partial charge in [-0.3, -0.25) is 0 Å². The summed E-state index contributed by atoms with van der Waals surface area (Å²) in [7, 11) is 0. The molecule has 6 nitrogen and oxygen atoms in total. The van der Waals surface area contributed by atoms with Gasteiger partial charge in [-0.1, -0.05) is 13.8 Å². The summed E-state index contributed by atoms with van der Waals surface area (Å²) < 4.78 is 1.74. The second-order valence-corrected chi connectivity index (χ2v) is 5.83. The van der Waals surface area contributed by atoms with Gasteiger partial charge >= 0.3 is 0 Å². The van der Waals surface area contributed by atoms with E-state index >= 15 is 0 Å². The van der Waals surface area contributed by atoms with Gasteiger partial charge in [-0.15, -0.1) is 0 Å². The summed E-state index contributed by atoms with van der Waals surface area (Å²) in [6.07, 6.45) is 2.28. The van der Waals surface area contributed by atoms with E-state index < -0.39 is 5.60 Å². The van der Waals surface area contributed by atoms with Crippen LogP contribution in [0.2, 0.25) is 0 Å². The molecule has 6 heteroatoms. The van der Waals surface area contributed by atoms with Crippen LogP contribution in [0.5, 0.6) is 0 Å². The largest absolute Gasteiger partial charge is 0.388 e. The van der Waals surface area contributed by atoms with Crippen LogP contribution in [0.25, 0.3) is 5.78 Å². The topological polar surface area (TPSA) is 66.5 Å². The van der Waals surface area contributed by atoms with Crippen LogP contribution in [-0.4, -0.2) is 43.4 Å². The van der Waals surface area contributed by atoms with Crippen LogP contribution in [-0.2, 0) is 0 Å². The Hall–Kier alpha value is -1.69. The lowest BCUT2D eigenvalue weighted by molar-refractivity contribution is 0.0839. The highest BCUT2D eigenvalue weighted by Gasteiger charge is 2.33. The average Bonchev–Trinajstić information content (AvgIpc) is 2.93. The number of β-amino-alcohol motifs (C(OH)–C–C–N with tert-alkyl or cyclic N) is 1. The van der Waals surface area contributed by atoms with Crippen molar-refractivity contribution in [3.63, 3.8) is 0 Å². The number of aromatic nitrogens is 4. The van der Waals surface area contributed by atoms with Crippen molar-refractivity contribution >= 4 is 11.6 Å². The molecular formula is C13H19N5O. The van der Waals surface area contributed by atoms with Gasteiger partial charge in [0.05, 0.1) is 11.3 Å². The lowest BCUT2D eigenvalue weighted by atomic mass is 10.1. The molecule has 0 aromatic carbocycles. The highest BCUT2D eigenvalue weighted by Crippen LogP contribution is 2.28. The molecule has 0 aliphatic carbocycles. The predicted octanol–water partition coefficient (Wildman–Crippen LogP) is 1.21. The zero-order valence-corrected chi connectivity index (χ0v) is 11.5. The minimum Gasteiger partial charge on any atom is -0.388 e. The molecule has 0 saturated carbocycles. The van der Waals surface area contributed by atoms with E-state index in [1.165, 1.54) is 6.33 Å². The molecule has 1 atom stereocenters. The third kappa shape index (κ3) is 2.16. The van der Waals surface area contributed by atoms with Crippen LogP contribution in [0.15, 0.2) is 12.4 Å². The quantitative estimate of drug-likeness (QED) is 0.880. The molecule has 2 aromatic heterocycles. The molecule has 1 fully saturated rings. The summed E-state index contributed by atoms with van der Waals surface area (Å²) in [5.74, 6) is 1.92. The number of hydrogen-bond acceptors (Lipinski definition) is 5. The molecule has 0 radical (unpaired) electrons. The summed E-state index contributed by atoms with van der Waals surface area (Å²) in [5, 5.41) is 14.4. The van der Waals surface area contributed by atoms with Crippen molar-refractivity contribution in [2.45, 2.75) is 38.7 Å². The van der Waals surface area contributed by atoms with Crippen LogP contribution in [0, 0.1) is 0 Å². The number of fused-ring (bicyclic) bond motifs is 1. The molecule has 0 bridgehead atoms. The summed E-state index contributed by atoms with van der Waals surface area (Å²) >= 11 is 0. The fourth-order valence-corrected chi connectivity index (χ4v) is 2.48. The number of nitrogens with zero attached hydrogens (tertiary/aromatic N) is 5. The summed E-state index contributed by atoms with van der Waals surface area (Å²) in [6, 6.07) is 2.05. The van der Waals surface area contributed by atoms with E-state index in [-0.39, 0.29) is 0 Å². The SMILES string of the molecule is CC(C)c1cc(N2CCC(C)(O)C2)n2ncnc2n1. The number of rotatable bonds is 2. The molecule has 0 spiro atoms. The molecule has 2 aromatic rings. The van der Waals surface area contributed by atoms with Crippen LogP contribution in [0.4, 0.5) is 5.82 Å². The fourth-order valence-electron chi connectivity index (χ4n) is 2.48. The maximum absolute atomic E-state index is 10.1. The van der Waals surface area contributed by atoms with E-state index in [1.807, 2.05) is 13.0 Å². The Bertz CT molecular complexity index is 604. The standard InChI is InChI=1S/C13H19N5O/c1-9(2)10-6-11(17-5-4-13(3,19)7-17)18-12(16-10)14-8-15-18/h6,8-9,19H,4-5,7H2,1-3H3. The average molecular weight is 261 g/mol. The molecule has 19 heavy (non-hydrogen) atoms. The monoisotopic (exact) mass is 261 g/mol. The van der Waals surface area contributed by atoms with E-state index in [0.717, 1.165) is 24.5 Å². The van der Waals surface area contributed by atoms with Gasteiger partial charge in [0.25, 0.3) is 5.78 Å². The molecule has 3 heterocycles. The van der Waals surface area contributed by atoms with Crippen molar-refractivity contribution in [3.8, 4) is 0 Å². The van der Waals surface area contributed by atoms with Crippen molar-refractivity contribution in [1.82, 2.24) is 19.6 Å². The fraction of sp³-hybridized carbons (Fsp3) is 0.615. The Morgan fingerprint density at radius 1 is 1.42 bits per heavy atom. The van der Waals surface area contributed by atoms with Gasteiger partial charge in [0.2, 0.25) is 0 Å². The maximum Gasteiger partial charge on any atom is 0.254 e. The Labute approximate surface area is 112 Å². The first-order valence-electron chi connectivity index (χ1n) is 6.64. The Balaban J connectivity index is 2.09. The molecule has 102 valence electrons. The highest BCUT2D eigenvalue weighted by atomic mass is 16.3. The first-order valence-corrected chi connectivity index (χ1v) is 6.64. The highest BCUT2D eigenvalue weighted by molar-refractivity contribution is 5.49. The minimum absolute atomic E-state index is 0.337. The van der Waals surface area contributed by atoms with Crippen molar-refractivity contribution in [2.24, 2.45) is 0 Å². The van der Waals surface area contributed by atoms with Gasteiger partial charge in [0.1, 0.15) is 12.1 Å². The predicted molar refractivity (Wildman–Crippen MR) is 72.3 cm³/mol. The lowest BCUT2D eigenvalue weighted by Gasteiger charge is -2.22. The molecule has 0 amide bonds. The van der Waals surface area contributed by atoms with E-state index in [0.29, 0.717) is 18.2 Å². The van der Waals surface area contributed by atoms with Gasteiger partial charge in [0, 0.05) is 19.2 Å². The lowest BCUT2D eigenvalue weighted by Crippen LogP contribution is -2.30. The van der Waals surface area contributed by atoms with Gasteiger partial charge < -0.3 is 10.0 Å². The zero-order chi connectivity index (χ0) is 13.6. The molecular weight excluding hydrogens is 242 g/mol. The Kier molecular flexibility index (Phi) is 2.70.